The normalized spacial score (nSPS) is 22.0. The van der Waals surface area contributed by atoms with Crippen LogP contribution in [-0.4, -0.2) is 39.2 Å². The zero-order chi connectivity index (χ0) is 10.7. The lowest BCUT2D eigenvalue weighted by Gasteiger charge is -2.12. The lowest BCUT2D eigenvalue weighted by atomic mass is 10.1. The van der Waals surface area contributed by atoms with Gasteiger partial charge in [-0.05, 0) is 18.9 Å². The van der Waals surface area contributed by atoms with Crippen molar-refractivity contribution in [3.05, 3.63) is 12.2 Å². The van der Waals surface area contributed by atoms with Crippen molar-refractivity contribution in [3.63, 3.8) is 0 Å². The fourth-order valence-electron chi connectivity index (χ4n) is 1.93. The summed E-state index contributed by atoms with van der Waals surface area (Å²) in [5.74, 6) is 0.121. The molecule has 1 saturated heterocycles. The summed E-state index contributed by atoms with van der Waals surface area (Å²) in [6.07, 6.45) is 2.56. The van der Waals surface area contributed by atoms with Crippen LogP contribution in [0.5, 0.6) is 0 Å². The van der Waals surface area contributed by atoms with E-state index in [1.165, 1.54) is 6.33 Å². The summed E-state index contributed by atoms with van der Waals surface area (Å²) in [7, 11) is 0. The van der Waals surface area contributed by atoms with Crippen molar-refractivity contribution in [1.82, 2.24) is 15.0 Å². The molecule has 1 aromatic heterocycles. The van der Waals surface area contributed by atoms with E-state index in [4.69, 9.17) is 9.63 Å². The van der Waals surface area contributed by atoms with Gasteiger partial charge in [0.15, 0.2) is 6.33 Å². The average Bonchev–Trinajstić information content (AvgIpc) is 2.77. The van der Waals surface area contributed by atoms with E-state index in [0.29, 0.717) is 12.4 Å². The van der Waals surface area contributed by atoms with Crippen LogP contribution >= 0.6 is 0 Å². The van der Waals surface area contributed by atoms with E-state index in [9.17, 15) is 4.79 Å². The monoisotopic (exact) mass is 211 g/mol. The van der Waals surface area contributed by atoms with Crippen molar-refractivity contribution >= 4 is 5.97 Å². The predicted octanol–water partition coefficient (Wildman–Crippen LogP) is 0.366. The molecule has 6 heteroatoms. The van der Waals surface area contributed by atoms with Crippen LogP contribution < -0.4 is 0 Å². The largest absolute Gasteiger partial charge is 0.481 e. The van der Waals surface area contributed by atoms with Crippen LogP contribution in [0.4, 0.5) is 0 Å². The summed E-state index contributed by atoms with van der Waals surface area (Å²) in [4.78, 5) is 16.6. The fraction of sp³-hybridized carbons (Fsp3) is 0.667. The van der Waals surface area contributed by atoms with Crippen LogP contribution in [0.25, 0.3) is 0 Å². The number of aromatic nitrogens is 2. The van der Waals surface area contributed by atoms with Gasteiger partial charge in [0.25, 0.3) is 0 Å². The van der Waals surface area contributed by atoms with Crippen LogP contribution in [-0.2, 0) is 11.3 Å². The Balaban J connectivity index is 1.80. The lowest BCUT2D eigenvalue weighted by Crippen LogP contribution is -2.21. The summed E-state index contributed by atoms with van der Waals surface area (Å²) in [6.45, 7) is 2.32. The zero-order valence-electron chi connectivity index (χ0n) is 8.30. The van der Waals surface area contributed by atoms with Crippen LogP contribution in [0.3, 0.4) is 0 Å². The van der Waals surface area contributed by atoms with Gasteiger partial charge in [0, 0.05) is 13.0 Å². The Labute approximate surface area is 86.9 Å². The van der Waals surface area contributed by atoms with Gasteiger partial charge in [0.1, 0.15) is 0 Å². The molecule has 2 heterocycles. The molecule has 1 aliphatic rings. The molecule has 1 N–H and O–H groups in total. The van der Waals surface area contributed by atoms with E-state index in [2.05, 4.69) is 15.0 Å². The SMILES string of the molecule is O=C(O)CC1CCN(Cc2ncno2)C1. The first-order chi connectivity index (χ1) is 7.24. The van der Waals surface area contributed by atoms with Gasteiger partial charge < -0.3 is 9.63 Å². The van der Waals surface area contributed by atoms with Crippen molar-refractivity contribution < 1.29 is 14.4 Å². The van der Waals surface area contributed by atoms with Gasteiger partial charge in [-0.15, -0.1) is 0 Å². The molecule has 1 aliphatic heterocycles. The topological polar surface area (TPSA) is 79.5 Å². The Hall–Kier alpha value is -1.43. The van der Waals surface area contributed by atoms with Crippen LogP contribution in [0.15, 0.2) is 10.9 Å². The van der Waals surface area contributed by atoms with Gasteiger partial charge in [-0.3, -0.25) is 9.69 Å². The third kappa shape index (κ3) is 2.76. The Morgan fingerprint density at radius 1 is 1.73 bits per heavy atom. The molecule has 0 aliphatic carbocycles. The molecule has 15 heavy (non-hydrogen) atoms. The summed E-state index contributed by atoms with van der Waals surface area (Å²) < 4.78 is 4.89. The first-order valence-electron chi connectivity index (χ1n) is 4.93. The second kappa shape index (κ2) is 4.39. The molecule has 2 rings (SSSR count). The first kappa shape index (κ1) is 10.1. The maximum Gasteiger partial charge on any atom is 0.303 e. The molecule has 0 amide bonds. The van der Waals surface area contributed by atoms with E-state index in [1.807, 2.05) is 0 Å². The molecule has 1 fully saturated rings. The molecule has 0 radical (unpaired) electrons. The highest BCUT2D eigenvalue weighted by Gasteiger charge is 2.25. The highest BCUT2D eigenvalue weighted by atomic mass is 16.5. The average molecular weight is 211 g/mol. The summed E-state index contributed by atoms with van der Waals surface area (Å²) >= 11 is 0. The van der Waals surface area contributed by atoms with E-state index in [1.54, 1.807) is 0 Å². The van der Waals surface area contributed by atoms with Crippen LogP contribution in [0.1, 0.15) is 18.7 Å². The Bertz CT molecular complexity index is 325. The minimum Gasteiger partial charge on any atom is -0.481 e. The number of rotatable bonds is 4. The molecular weight excluding hydrogens is 198 g/mol. The summed E-state index contributed by atoms with van der Waals surface area (Å²) in [6, 6.07) is 0. The van der Waals surface area contributed by atoms with Gasteiger partial charge in [0.05, 0.1) is 6.54 Å². The number of carboxylic acids is 1. The molecule has 1 unspecified atom stereocenters. The van der Waals surface area contributed by atoms with Crippen molar-refractivity contribution in [1.29, 1.82) is 0 Å². The van der Waals surface area contributed by atoms with Gasteiger partial charge in [0.2, 0.25) is 5.89 Å². The van der Waals surface area contributed by atoms with Crippen molar-refractivity contribution in [2.75, 3.05) is 13.1 Å². The summed E-state index contributed by atoms with van der Waals surface area (Å²) in [5, 5.41) is 12.2. The molecule has 1 aromatic rings. The molecule has 1 atom stereocenters. The number of carboxylic acid groups (broad SMARTS) is 1. The maximum atomic E-state index is 10.5. The Morgan fingerprint density at radius 2 is 2.60 bits per heavy atom. The highest BCUT2D eigenvalue weighted by molar-refractivity contribution is 5.67. The number of hydrogen-bond donors (Lipinski definition) is 1. The van der Waals surface area contributed by atoms with E-state index in [-0.39, 0.29) is 12.3 Å². The number of carbonyl (C=O) groups is 1. The lowest BCUT2D eigenvalue weighted by molar-refractivity contribution is -0.138. The molecular formula is C9H13N3O3. The number of likely N-dealkylation sites (tertiary alicyclic amines) is 1. The van der Waals surface area contributed by atoms with E-state index in [0.717, 1.165) is 19.5 Å². The highest BCUT2D eigenvalue weighted by Crippen LogP contribution is 2.20. The Morgan fingerprint density at radius 3 is 3.27 bits per heavy atom. The number of aliphatic carboxylic acids is 1. The fourth-order valence-corrected chi connectivity index (χ4v) is 1.93. The molecule has 82 valence electrons. The van der Waals surface area contributed by atoms with E-state index < -0.39 is 5.97 Å². The summed E-state index contributed by atoms with van der Waals surface area (Å²) in [5.41, 5.74) is 0. The van der Waals surface area contributed by atoms with Crippen molar-refractivity contribution in [2.24, 2.45) is 5.92 Å². The maximum absolute atomic E-state index is 10.5. The van der Waals surface area contributed by atoms with Gasteiger partial charge >= 0.3 is 5.97 Å². The third-order valence-electron chi connectivity index (χ3n) is 2.60. The van der Waals surface area contributed by atoms with Crippen LogP contribution in [0, 0.1) is 5.92 Å². The molecule has 0 saturated carbocycles. The zero-order valence-corrected chi connectivity index (χ0v) is 8.30. The minimum atomic E-state index is -0.723. The van der Waals surface area contributed by atoms with E-state index >= 15 is 0 Å². The number of nitrogens with zero attached hydrogens (tertiary/aromatic N) is 3. The number of hydrogen-bond acceptors (Lipinski definition) is 5. The first-order valence-corrected chi connectivity index (χ1v) is 4.93. The van der Waals surface area contributed by atoms with Crippen molar-refractivity contribution in [3.8, 4) is 0 Å². The third-order valence-corrected chi connectivity index (χ3v) is 2.60. The minimum absolute atomic E-state index is 0.250. The van der Waals surface area contributed by atoms with Gasteiger partial charge in [-0.2, -0.15) is 4.98 Å². The van der Waals surface area contributed by atoms with Gasteiger partial charge in [-0.25, -0.2) is 0 Å². The smallest absolute Gasteiger partial charge is 0.303 e. The predicted molar refractivity (Wildman–Crippen MR) is 49.9 cm³/mol. The standard InChI is InChI=1S/C9H13N3O3/c13-9(14)3-7-1-2-12(4-7)5-8-10-6-11-15-8/h6-7H,1-5H2,(H,13,14). The quantitative estimate of drug-likeness (QED) is 0.774. The molecule has 0 bridgehead atoms. The van der Waals surface area contributed by atoms with Crippen LogP contribution in [0.2, 0.25) is 0 Å². The second-order valence-electron chi connectivity index (χ2n) is 3.82. The molecule has 6 nitrogen and oxygen atoms in total. The van der Waals surface area contributed by atoms with Crippen molar-refractivity contribution in [2.45, 2.75) is 19.4 Å². The molecule has 0 spiro atoms. The van der Waals surface area contributed by atoms with Gasteiger partial charge in [-0.1, -0.05) is 5.16 Å². The second-order valence-corrected chi connectivity index (χ2v) is 3.82. The Kier molecular flexibility index (Phi) is 2.96. The molecule has 0 aromatic carbocycles.